The van der Waals surface area contributed by atoms with E-state index in [1.54, 1.807) is 12.1 Å². The Hall–Kier alpha value is -2.49. The van der Waals surface area contributed by atoms with Crippen molar-refractivity contribution in [2.45, 2.75) is 33.1 Å². The molecule has 0 bridgehead atoms. The zero-order valence-electron chi connectivity index (χ0n) is 15.0. The predicted octanol–water partition coefficient (Wildman–Crippen LogP) is 4.73. The SMILES string of the molecule is CC(C)(C)C1CN(C(=O)O)CCc2cc(-c3ccc(O)cc3)ccc21. The van der Waals surface area contributed by atoms with Crippen molar-refractivity contribution >= 4 is 6.09 Å². The number of aromatic hydroxyl groups is 1. The highest BCUT2D eigenvalue weighted by molar-refractivity contribution is 5.67. The molecule has 0 spiro atoms. The molecule has 0 saturated heterocycles. The Labute approximate surface area is 148 Å². The zero-order chi connectivity index (χ0) is 18.2. The molecule has 2 aromatic carbocycles. The van der Waals surface area contributed by atoms with Crippen LogP contribution >= 0.6 is 0 Å². The summed E-state index contributed by atoms with van der Waals surface area (Å²) in [4.78, 5) is 13.1. The van der Waals surface area contributed by atoms with Crippen LogP contribution in [0.25, 0.3) is 11.1 Å². The fourth-order valence-corrected chi connectivity index (χ4v) is 3.58. The maximum atomic E-state index is 11.6. The maximum Gasteiger partial charge on any atom is 0.407 e. The van der Waals surface area contributed by atoms with E-state index in [9.17, 15) is 15.0 Å². The summed E-state index contributed by atoms with van der Waals surface area (Å²) in [5, 5.41) is 19.0. The van der Waals surface area contributed by atoms with Gasteiger partial charge in [-0.3, -0.25) is 0 Å². The Morgan fingerprint density at radius 2 is 1.72 bits per heavy atom. The van der Waals surface area contributed by atoms with Crippen molar-refractivity contribution in [1.29, 1.82) is 0 Å². The van der Waals surface area contributed by atoms with Crippen LogP contribution in [0.2, 0.25) is 0 Å². The summed E-state index contributed by atoms with van der Waals surface area (Å²) in [6.07, 6.45) is -0.124. The monoisotopic (exact) mass is 339 g/mol. The number of benzene rings is 2. The van der Waals surface area contributed by atoms with Crippen LogP contribution in [0.4, 0.5) is 4.79 Å². The summed E-state index contributed by atoms with van der Waals surface area (Å²) in [5.74, 6) is 0.415. The molecule has 4 heteroatoms. The second-order valence-corrected chi connectivity index (χ2v) is 7.86. The minimum absolute atomic E-state index is 0.0210. The molecule has 1 aliphatic heterocycles. The van der Waals surface area contributed by atoms with Gasteiger partial charge in [0.15, 0.2) is 0 Å². The first-order valence-corrected chi connectivity index (χ1v) is 8.66. The molecule has 1 atom stereocenters. The van der Waals surface area contributed by atoms with Gasteiger partial charge in [-0.25, -0.2) is 4.79 Å². The van der Waals surface area contributed by atoms with E-state index in [0.29, 0.717) is 13.1 Å². The average Bonchev–Trinajstić information content (AvgIpc) is 2.74. The average molecular weight is 339 g/mol. The van der Waals surface area contributed by atoms with Gasteiger partial charge in [0.05, 0.1) is 0 Å². The summed E-state index contributed by atoms with van der Waals surface area (Å²) in [6.45, 7) is 7.56. The number of hydrogen-bond donors (Lipinski definition) is 2. The lowest BCUT2D eigenvalue weighted by Gasteiger charge is -2.33. The van der Waals surface area contributed by atoms with Gasteiger partial charge in [-0.1, -0.05) is 51.1 Å². The van der Waals surface area contributed by atoms with E-state index >= 15 is 0 Å². The minimum Gasteiger partial charge on any atom is -0.508 e. The van der Waals surface area contributed by atoms with Gasteiger partial charge in [0, 0.05) is 19.0 Å². The van der Waals surface area contributed by atoms with Gasteiger partial charge >= 0.3 is 6.09 Å². The topological polar surface area (TPSA) is 60.8 Å². The molecular weight excluding hydrogens is 314 g/mol. The molecule has 2 N–H and O–H groups in total. The number of hydrogen-bond acceptors (Lipinski definition) is 2. The standard InChI is InChI=1S/C21H25NO3/c1-21(2,3)19-13-22(20(24)25)11-10-16-12-15(6-9-18(16)19)14-4-7-17(23)8-5-14/h4-9,12,19,23H,10-11,13H2,1-3H3,(H,24,25). The van der Waals surface area contributed by atoms with Crippen LogP contribution in [0.5, 0.6) is 5.75 Å². The van der Waals surface area contributed by atoms with Gasteiger partial charge in [0.25, 0.3) is 0 Å². The third-order valence-electron chi connectivity index (χ3n) is 5.09. The normalized spacial score (nSPS) is 17.7. The zero-order valence-corrected chi connectivity index (χ0v) is 15.0. The van der Waals surface area contributed by atoms with Gasteiger partial charge < -0.3 is 15.1 Å². The summed E-state index contributed by atoms with van der Waals surface area (Å²) in [7, 11) is 0. The number of fused-ring (bicyclic) bond motifs is 1. The van der Waals surface area contributed by atoms with Gasteiger partial charge in [0.2, 0.25) is 0 Å². The van der Waals surface area contributed by atoms with Gasteiger partial charge in [0.1, 0.15) is 5.75 Å². The number of amides is 1. The molecule has 4 nitrogen and oxygen atoms in total. The number of carboxylic acid groups (broad SMARTS) is 1. The molecule has 0 aromatic heterocycles. The fraction of sp³-hybridized carbons (Fsp3) is 0.381. The first-order valence-electron chi connectivity index (χ1n) is 8.66. The second kappa shape index (κ2) is 6.43. The summed E-state index contributed by atoms with van der Waals surface area (Å²) in [5.41, 5.74) is 4.59. The van der Waals surface area contributed by atoms with E-state index in [4.69, 9.17) is 0 Å². The van der Waals surface area contributed by atoms with Crippen molar-refractivity contribution in [3.63, 3.8) is 0 Å². The molecule has 3 rings (SSSR count). The Balaban J connectivity index is 2.03. The Morgan fingerprint density at radius 1 is 1.08 bits per heavy atom. The van der Waals surface area contributed by atoms with Gasteiger partial charge in [-0.15, -0.1) is 0 Å². The van der Waals surface area contributed by atoms with Crippen LogP contribution in [0.1, 0.15) is 37.8 Å². The third kappa shape index (κ3) is 3.63. The molecular formula is C21H25NO3. The minimum atomic E-state index is -0.846. The van der Waals surface area contributed by atoms with E-state index in [0.717, 1.165) is 17.5 Å². The van der Waals surface area contributed by atoms with Crippen LogP contribution in [0.3, 0.4) is 0 Å². The molecule has 1 amide bonds. The van der Waals surface area contributed by atoms with E-state index in [2.05, 4.69) is 39.0 Å². The van der Waals surface area contributed by atoms with Crippen molar-refractivity contribution < 1.29 is 15.0 Å². The molecule has 1 unspecified atom stereocenters. The lowest BCUT2D eigenvalue weighted by Crippen LogP contribution is -2.36. The van der Waals surface area contributed by atoms with E-state index in [1.165, 1.54) is 16.0 Å². The summed E-state index contributed by atoms with van der Waals surface area (Å²) in [6, 6.07) is 13.6. The van der Waals surface area contributed by atoms with E-state index in [-0.39, 0.29) is 17.1 Å². The van der Waals surface area contributed by atoms with Crippen LogP contribution in [-0.4, -0.2) is 34.3 Å². The highest BCUT2D eigenvalue weighted by Gasteiger charge is 2.33. The van der Waals surface area contributed by atoms with Crippen molar-refractivity contribution in [2.24, 2.45) is 5.41 Å². The Morgan fingerprint density at radius 3 is 2.32 bits per heavy atom. The van der Waals surface area contributed by atoms with Crippen molar-refractivity contribution in [3.05, 3.63) is 53.6 Å². The van der Waals surface area contributed by atoms with Crippen molar-refractivity contribution in [1.82, 2.24) is 4.90 Å². The Kier molecular flexibility index (Phi) is 4.46. The molecule has 0 radical (unpaired) electrons. The van der Waals surface area contributed by atoms with E-state index < -0.39 is 6.09 Å². The number of carbonyl (C=O) groups is 1. The lowest BCUT2D eigenvalue weighted by molar-refractivity contribution is 0.135. The summed E-state index contributed by atoms with van der Waals surface area (Å²) < 4.78 is 0. The van der Waals surface area contributed by atoms with Crippen molar-refractivity contribution in [3.8, 4) is 16.9 Å². The quantitative estimate of drug-likeness (QED) is 0.790. The van der Waals surface area contributed by atoms with Gasteiger partial charge in [-0.2, -0.15) is 0 Å². The predicted molar refractivity (Wildman–Crippen MR) is 99.0 cm³/mol. The molecule has 132 valence electrons. The number of nitrogens with zero attached hydrogens (tertiary/aromatic N) is 1. The van der Waals surface area contributed by atoms with Crippen LogP contribution in [0.15, 0.2) is 42.5 Å². The second-order valence-electron chi connectivity index (χ2n) is 7.86. The van der Waals surface area contributed by atoms with Crippen LogP contribution < -0.4 is 0 Å². The van der Waals surface area contributed by atoms with Crippen LogP contribution in [0, 0.1) is 5.41 Å². The smallest absolute Gasteiger partial charge is 0.407 e. The molecule has 1 heterocycles. The highest BCUT2D eigenvalue weighted by Crippen LogP contribution is 2.40. The molecule has 0 saturated carbocycles. The molecule has 25 heavy (non-hydrogen) atoms. The summed E-state index contributed by atoms with van der Waals surface area (Å²) >= 11 is 0. The van der Waals surface area contributed by atoms with Gasteiger partial charge in [-0.05, 0) is 46.2 Å². The third-order valence-corrected chi connectivity index (χ3v) is 5.09. The maximum absolute atomic E-state index is 11.6. The molecule has 1 aliphatic rings. The first kappa shape index (κ1) is 17.3. The lowest BCUT2D eigenvalue weighted by atomic mass is 9.74. The fourth-order valence-electron chi connectivity index (χ4n) is 3.58. The molecule has 2 aromatic rings. The number of phenols is 1. The largest absolute Gasteiger partial charge is 0.508 e. The highest BCUT2D eigenvalue weighted by atomic mass is 16.4. The van der Waals surface area contributed by atoms with Crippen LogP contribution in [-0.2, 0) is 6.42 Å². The molecule has 0 fully saturated rings. The first-order chi connectivity index (χ1) is 11.8. The Bertz CT molecular complexity index is 775. The molecule has 0 aliphatic carbocycles. The van der Waals surface area contributed by atoms with Crippen molar-refractivity contribution in [2.75, 3.05) is 13.1 Å². The number of rotatable bonds is 1. The number of phenolic OH excluding ortho intramolecular Hbond substituents is 1. The van der Waals surface area contributed by atoms with E-state index in [1.807, 2.05) is 12.1 Å².